The predicted octanol–water partition coefficient (Wildman–Crippen LogP) is 3.82. The Hall–Kier alpha value is -1.54. The van der Waals surface area contributed by atoms with Gasteiger partial charge in [-0.2, -0.15) is 0 Å². The lowest BCUT2D eigenvalue weighted by molar-refractivity contribution is -0.0266. The second-order valence-electron chi connectivity index (χ2n) is 7.00. The molecule has 1 aromatic carbocycles. The molecule has 2 heterocycles. The summed E-state index contributed by atoms with van der Waals surface area (Å²) in [6.45, 7) is 2.54. The highest BCUT2D eigenvalue weighted by molar-refractivity contribution is 14.0. The number of aromatic nitrogens is 1. The zero-order chi connectivity index (χ0) is 18.4. The van der Waals surface area contributed by atoms with E-state index in [0.29, 0.717) is 5.92 Å². The molecule has 1 N–H and O–H groups in total. The Kier molecular flexibility index (Phi) is 8.63. The summed E-state index contributed by atoms with van der Waals surface area (Å²) in [5.41, 5.74) is 2.53. The molecule has 27 heavy (non-hydrogen) atoms. The zero-order valence-corrected chi connectivity index (χ0v) is 18.8. The van der Waals surface area contributed by atoms with Crippen molar-refractivity contribution in [3.8, 4) is 0 Å². The van der Waals surface area contributed by atoms with Gasteiger partial charge in [-0.15, -0.1) is 24.0 Å². The van der Waals surface area contributed by atoms with Crippen molar-refractivity contribution in [1.29, 1.82) is 0 Å². The molecule has 0 saturated carbocycles. The molecule has 2 unspecified atom stereocenters. The summed E-state index contributed by atoms with van der Waals surface area (Å²) in [6, 6.07) is 14.8. The van der Waals surface area contributed by atoms with E-state index in [9.17, 15) is 0 Å². The lowest BCUT2D eigenvalue weighted by Gasteiger charge is -2.33. The Labute approximate surface area is 179 Å². The number of hydrogen-bond donors (Lipinski definition) is 1. The third-order valence-electron chi connectivity index (χ3n) is 5.12. The lowest BCUT2D eigenvalue weighted by atomic mass is 9.89. The Morgan fingerprint density at radius 2 is 2.04 bits per heavy atom. The van der Waals surface area contributed by atoms with Gasteiger partial charge in [-0.3, -0.25) is 4.99 Å². The van der Waals surface area contributed by atoms with E-state index in [-0.39, 0.29) is 30.1 Å². The minimum atomic E-state index is 0. The van der Waals surface area contributed by atoms with Gasteiger partial charge in [0, 0.05) is 52.1 Å². The molecular weight excluding hydrogens is 451 g/mol. The standard InChI is InChI=1S/C21H30N4O.HI/c1-22-21(25(3)16-19-12-7-13-24(19)2)23-15-18-11-8-14-26-20(18)17-9-5-4-6-10-17;/h4-7,9-10,12-13,18,20H,8,11,14-16H2,1-3H3,(H,22,23);1H. The molecule has 2 aromatic rings. The first-order chi connectivity index (χ1) is 12.7. The average molecular weight is 482 g/mol. The van der Waals surface area contributed by atoms with Gasteiger partial charge in [0.05, 0.1) is 12.6 Å². The normalized spacial score (nSPS) is 20.0. The molecule has 148 valence electrons. The monoisotopic (exact) mass is 482 g/mol. The maximum Gasteiger partial charge on any atom is 0.193 e. The molecule has 1 aromatic heterocycles. The van der Waals surface area contributed by atoms with Crippen LogP contribution in [-0.2, 0) is 18.3 Å². The Morgan fingerprint density at radius 3 is 2.70 bits per heavy atom. The minimum absolute atomic E-state index is 0. The highest BCUT2D eigenvalue weighted by Gasteiger charge is 2.27. The van der Waals surface area contributed by atoms with Crippen LogP contribution in [0.15, 0.2) is 53.7 Å². The number of halogens is 1. The van der Waals surface area contributed by atoms with E-state index >= 15 is 0 Å². The molecule has 0 aliphatic carbocycles. The third-order valence-corrected chi connectivity index (χ3v) is 5.12. The molecular formula is C21H31IN4O. The van der Waals surface area contributed by atoms with E-state index in [4.69, 9.17) is 4.74 Å². The second kappa shape index (κ2) is 10.7. The van der Waals surface area contributed by atoms with Crippen LogP contribution in [-0.4, -0.2) is 42.7 Å². The van der Waals surface area contributed by atoms with E-state index in [1.165, 1.54) is 17.7 Å². The zero-order valence-electron chi connectivity index (χ0n) is 16.5. The summed E-state index contributed by atoms with van der Waals surface area (Å²) in [7, 11) is 5.99. The van der Waals surface area contributed by atoms with Crippen LogP contribution in [0.1, 0.15) is 30.2 Å². The Morgan fingerprint density at radius 1 is 1.26 bits per heavy atom. The van der Waals surface area contributed by atoms with E-state index in [1.807, 2.05) is 7.05 Å². The molecule has 3 rings (SSSR count). The molecule has 0 bridgehead atoms. The van der Waals surface area contributed by atoms with Gasteiger partial charge in [0.25, 0.3) is 0 Å². The van der Waals surface area contributed by atoms with Gasteiger partial charge in [0.2, 0.25) is 0 Å². The molecule has 0 radical (unpaired) electrons. The summed E-state index contributed by atoms with van der Waals surface area (Å²) in [5, 5.41) is 3.56. The molecule has 0 spiro atoms. The van der Waals surface area contributed by atoms with Gasteiger partial charge in [0.15, 0.2) is 5.96 Å². The highest BCUT2D eigenvalue weighted by Crippen LogP contribution is 2.33. The number of nitrogens with zero attached hydrogens (tertiary/aromatic N) is 3. The van der Waals surface area contributed by atoms with E-state index in [1.54, 1.807) is 0 Å². The summed E-state index contributed by atoms with van der Waals surface area (Å²) in [4.78, 5) is 6.62. The van der Waals surface area contributed by atoms with Crippen LogP contribution in [0, 0.1) is 5.92 Å². The van der Waals surface area contributed by atoms with Gasteiger partial charge in [0.1, 0.15) is 0 Å². The fourth-order valence-electron chi connectivity index (χ4n) is 3.65. The number of nitrogens with one attached hydrogen (secondary N) is 1. The van der Waals surface area contributed by atoms with Crippen molar-refractivity contribution in [2.75, 3.05) is 27.2 Å². The van der Waals surface area contributed by atoms with Crippen LogP contribution in [0.2, 0.25) is 0 Å². The molecule has 6 heteroatoms. The fraction of sp³-hybridized carbons (Fsp3) is 0.476. The van der Waals surface area contributed by atoms with Crippen molar-refractivity contribution in [2.45, 2.75) is 25.5 Å². The molecule has 1 fully saturated rings. The minimum Gasteiger partial charge on any atom is -0.373 e. The van der Waals surface area contributed by atoms with Gasteiger partial charge < -0.3 is 19.5 Å². The van der Waals surface area contributed by atoms with Crippen LogP contribution in [0.25, 0.3) is 0 Å². The SMILES string of the molecule is CN=C(NCC1CCCOC1c1ccccc1)N(C)Cc1cccn1C.I. The predicted molar refractivity (Wildman–Crippen MR) is 122 cm³/mol. The van der Waals surface area contributed by atoms with Crippen molar-refractivity contribution in [3.05, 3.63) is 59.9 Å². The topological polar surface area (TPSA) is 41.8 Å². The molecule has 0 amide bonds. The first-order valence-corrected chi connectivity index (χ1v) is 9.37. The van der Waals surface area contributed by atoms with Crippen molar-refractivity contribution in [1.82, 2.24) is 14.8 Å². The number of guanidine groups is 1. The third kappa shape index (κ3) is 5.72. The molecule has 1 saturated heterocycles. The summed E-state index contributed by atoms with van der Waals surface area (Å²) < 4.78 is 8.25. The first kappa shape index (κ1) is 21.8. The number of benzene rings is 1. The second-order valence-corrected chi connectivity index (χ2v) is 7.00. The van der Waals surface area contributed by atoms with Crippen molar-refractivity contribution >= 4 is 29.9 Å². The van der Waals surface area contributed by atoms with Gasteiger partial charge >= 0.3 is 0 Å². The summed E-state index contributed by atoms with van der Waals surface area (Å²) in [6.07, 6.45) is 4.52. The highest BCUT2D eigenvalue weighted by atomic mass is 127. The van der Waals surface area contributed by atoms with Gasteiger partial charge in [-0.1, -0.05) is 30.3 Å². The number of ether oxygens (including phenoxy) is 1. The van der Waals surface area contributed by atoms with Crippen LogP contribution in [0.4, 0.5) is 0 Å². The number of aryl methyl sites for hydroxylation is 1. The van der Waals surface area contributed by atoms with E-state index in [0.717, 1.165) is 32.1 Å². The maximum atomic E-state index is 6.11. The summed E-state index contributed by atoms with van der Waals surface area (Å²) in [5.74, 6) is 1.37. The van der Waals surface area contributed by atoms with E-state index < -0.39 is 0 Å². The largest absolute Gasteiger partial charge is 0.373 e. The Balaban J connectivity index is 0.00000261. The lowest BCUT2D eigenvalue weighted by Crippen LogP contribution is -2.42. The maximum absolute atomic E-state index is 6.11. The molecule has 2 atom stereocenters. The van der Waals surface area contributed by atoms with Crippen LogP contribution in [0.3, 0.4) is 0 Å². The smallest absolute Gasteiger partial charge is 0.193 e. The number of rotatable bonds is 5. The van der Waals surface area contributed by atoms with Gasteiger partial charge in [-0.25, -0.2) is 0 Å². The molecule has 1 aliphatic heterocycles. The van der Waals surface area contributed by atoms with Crippen LogP contribution >= 0.6 is 24.0 Å². The molecule has 5 nitrogen and oxygen atoms in total. The van der Waals surface area contributed by atoms with Crippen molar-refractivity contribution in [3.63, 3.8) is 0 Å². The van der Waals surface area contributed by atoms with Gasteiger partial charge in [-0.05, 0) is 30.5 Å². The first-order valence-electron chi connectivity index (χ1n) is 9.37. The average Bonchev–Trinajstić information content (AvgIpc) is 3.08. The number of aliphatic imine (C=N–C) groups is 1. The fourth-order valence-corrected chi connectivity index (χ4v) is 3.65. The van der Waals surface area contributed by atoms with Crippen molar-refractivity contribution < 1.29 is 4.74 Å². The van der Waals surface area contributed by atoms with Crippen LogP contribution in [0.5, 0.6) is 0 Å². The summed E-state index contributed by atoms with van der Waals surface area (Å²) >= 11 is 0. The van der Waals surface area contributed by atoms with Crippen molar-refractivity contribution in [2.24, 2.45) is 18.0 Å². The quantitative estimate of drug-likeness (QED) is 0.401. The molecule has 1 aliphatic rings. The van der Waals surface area contributed by atoms with E-state index in [2.05, 4.69) is 82.5 Å². The van der Waals surface area contributed by atoms with Crippen LogP contribution < -0.4 is 5.32 Å². The Bertz CT molecular complexity index is 716. The number of hydrogen-bond acceptors (Lipinski definition) is 2.